The Labute approximate surface area is 112 Å². The number of hydrogen-bond donors (Lipinski definition) is 1. The van der Waals surface area contributed by atoms with Crippen LogP contribution in [0.1, 0.15) is 44.2 Å². The van der Waals surface area contributed by atoms with E-state index >= 15 is 0 Å². The van der Waals surface area contributed by atoms with Crippen LogP contribution >= 0.6 is 0 Å². The summed E-state index contributed by atoms with van der Waals surface area (Å²) in [5.74, 6) is 0.320. The molecule has 4 nitrogen and oxygen atoms in total. The monoisotopic (exact) mass is 259 g/mol. The first kappa shape index (κ1) is 13.6. The van der Waals surface area contributed by atoms with Crippen LogP contribution in [-0.4, -0.2) is 22.6 Å². The van der Waals surface area contributed by atoms with E-state index in [-0.39, 0.29) is 18.1 Å². The first-order valence-electron chi connectivity index (χ1n) is 6.25. The predicted octanol–water partition coefficient (Wildman–Crippen LogP) is 2.15. The van der Waals surface area contributed by atoms with Gasteiger partial charge in [-0.05, 0) is 39.0 Å². The molecule has 0 aliphatic carbocycles. The molecule has 100 valence electrons. The number of Topliss-reactive ketones (excluding diaryl/α,β-unsaturated/α-hetero) is 1. The van der Waals surface area contributed by atoms with Crippen LogP contribution in [0.15, 0.2) is 18.2 Å². The van der Waals surface area contributed by atoms with Crippen molar-refractivity contribution in [1.82, 2.24) is 0 Å². The number of benzene rings is 1. The lowest BCUT2D eigenvalue weighted by Gasteiger charge is -2.42. The number of aliphatic hydroxyl groups is 1. The molecular weight excluding hydrogens is 242 g/mol. The number of ether oxygens (including phenoxy) is 1. The first-order valence-corrected chi connectivity index (χ1v) is 6.25. The SMILES string of the molecule is CC(=O)CC1c2cc(C#N)ccc2OC(C)(C)C1O. The fourth-order valence-electron chi connectivity index (χ4n) is 2.53. The Morgan fingerprint density at radius 3 is 2.79 bits per heavy atom. The second-order valence-electron chi connectivity index (χ2n) is 5.53. The second kappa shape index (κ2) is 4.67. The van der Waals surface area contributed by atoms with Crippen molar-refractivity contribution in [2.24, 2.45) is 0 Å². The number of aliphatic hydroxyl groups excluding tert-OH is 1. The zero-order valence-electron chi connectivity index (χ0n) is 11.3. The third-order valence-electron chi connectivity index (χ3n) is 3.51. The summed E-state index contributed by atoms with van der Waals surface area (Å²) < 4.78 is 5.77. The minimum Gasteiger partial charge on any atom is -0.485 e. The topological polar surface area (TPSA) is 70.3 Å². The highest BCUT2D eigenvalue weighted by molar-refractivity contribution is 5.77. The van der Waals surface area contributed by atoms with E-state index in [1.165, 1.54) is 6.92 Å². The molecule has 0 bridgehead atoms. The van der Waals surface area contributed by atoms with E-state index in [2.05, 4.69) is 6.07 Å². The van der Waals surface area contributed by atoms with Gasteiger partial charge in [0.2, 0.25) is 0 Å². The number of carbonyl (C=O) groups is 1. The van der Waals surface area contributed by atoms with Gasteiger partial charge in [-0.25, -0.2) is 0 Å². The number of fused-ring (bicyclic) bond motifs is 1. The van der Waals surface area contributed by atoms with Gasteiger partial charge in [0.1, 0.15) is 23.2 Å². The van der Waals surface area contributed by atoms with Crippen LogP contribution in [0.5, 0.6) is 5.75 Å². The average molecular weight is 259 g/mol. The predicted molar refractivity (Wildman–Crippen MR) is 69.9 cm³/mol. The van der Waals surface area contributed by atoms with Gasteiger partial charge in [0.15, 0.2) is 0 Å². The first-order chi connectivity index (χ1) is 8.85. The van der Waals surface area contributed by atoms with Gasteiger partial charge in [0.25, 0.3) is 0 Å². The third kappa shape index (κ3) is 2.47. The molecule has 0 amide bonds. The molecule has 0 saturated heterocycles. The summed E-state index contributed by atoms with van der Waals surface area (Å²) in [6.45, 7) is 5.10. The van der Waals surface area contributed by atoms with Crippen LogP contribution in [0.2, 0.25) is 0 Å². The van der Waals surface area contributed by atoms with Crippen LogP contribution < -0.4 is 4.74 Å². The highest BCUT2D eigenvalue weighted by Crippen LogP contribution is 2.43. The van der Waals surface area contributed by atoms with Gasteiger partial charge in [-0.2, -0.15) is 5.26 Å². The van der Waals surface area contributed by atoms with Gasteiger partial charge in [-0.1, -0.05) is 0 Å². The zero-order valence-corrected chi connectivity index (χ0v) is 11.3. The average Bonchev–Trinajstić information content (AvgIpc) is 2.34. The highest BCUT2D eigenvalue weighted by atomic mass is 16.5. The van der Waals surface area contributed by atoms with Crippen molar-refractivity contribution in [2.45, 2.75) is 44.8 Å². The number of ketones is 1. The Kier molecular flexibility index (Phi) is 3.34. The zero-order chi connectivity index (χ0) is 14.2. The molecule has 2 rings (SSSR count). The lowest BCUT2D eigenvalue weighted by Crippen LogP contribution is -2.49. The van der Waals surface area contributed by atoms with Crippen molar-refractivity contribution in [3.63, 3.8) is 0 Å². The molecule has 19 heavy (non-hydrogen) atoms. The van der Waals surface area contributed by atoms with Gasteiger partial charge < -0.3 is 14.6 Å². The largest absolute Gasteiger partial charge is 0.485 e. The van der Waals surface area contributed by atoms with Gasteiger partial charge in [-0.3, -0.25) is 0 Å². The molecule has 2 unspecified atom stereocenters. The minimum absolute atomic E-state index is 0.00932. The highest BCUT2D eigenvalue weighted by Gasteiger charge is 2.43. The maximum Gasteiger partial charge on any atom is 0.130 e. The van der Waals surface area contributed by atoms with Crippen molar-refractivity contribution in [3.8, 4) is 11.8 Å². The van der Waals surface area contributed by atoms with Crippen LogP contribution in [0, 0.1) is 11.3 Å². The quantitative estimate of drug-likeness (QED) is 0.883. The Balaban J connectivity index is 2.52. The van der Waals surface area contributed by atoms with Crippen molar-refractivity contribution in [1.29, 1.82) is 5.26 Å². The molecular formula is C15H17NO3. The Morgan fingerprint density at radius 1 is 1.53 bits per heavy atom. The Hall–Kier alpha value is -1.86. The number of carbonyl (C=O) groups excluding carboxylic acids is 1. The lowest BCUT2D eigenvalue weighted by molar-refractivity contribution is -0.120. The van der Waals surface area contributed by atoms with Crippen LogP contribution in [0.3, 0.4) is 0 Å². The van der Waals surface area contributed by atoms with Gasteiger partial charge in [0.05, 0.1) is 11.6 Å². The van der Waals surface area contributed by atoms with E-state index in [4.69, 9.17) is 10.00 Å². The molecule has 0 radical (unpaired) electrons. The summed E-state index contributed by atoms with van der Waals surface area (Å²) in [6, 6.07) is 7.17. The molecule has 0 saturated carbocycles. The van der Waals surface area contributed by atoms with E-state index in [1.54, 1.807) is 32.0 Å². The van der Waals surface area contributed by atoms with E-state index < -0.39 is 11.7 Å². The molecule has 1 aromatic carbocycles. The molecule has 4 heteroatoms. The summed E-state index contributed by atoms with van der Waals surface area (Å²) in [5.41, 5.74) is 0.491. The Bertz CT molecular complexity index is 557. The molecule has 1 N–H and O–H groups in total. The molecule has 1 aromatic rings. The molecule has 1 aliphatic heterocycles. The van der Waals surface area contributed by atoms with E-state index in [9.17, 15) is 9.90 Å². The minimum atomic E-state index is -0.780. The summed E-state index contributed by atoms with van der Waals surface area (Å²) in [4.78, 5) is 11.4. The molecule has 2 atom stereocenters. The smallest absolute Gasteiger partial charge is 0.130 e. The summed E-state index contributed by atoms with van der Waals surface area (Å²) >= 11 is 0. The van der Waals surface area contributed by atoms with Crippen LogP contribution in [0.25, 0.3) is 0 Å². The molecule has 1 aliphatic rings. The van der Waals surface area contributed by atoms with Crippen molar-refractivity contribution in [2.75, 3.05) is 0 Å². The van der Waals surface area contributed by atoms with Gasteiger partial charge in [0, 0.05) is 17.9 Å². The number of nitrogens with zero attached hydrogens (tertiary/aromatic N) is 1. The summed E-state index contributed by atoms with van der Waals surface area (Å²) in [7, 11) is 0. The fraction of sp³-hybridized carbons (Fsp3) is 0.467. The van der Waals surface area contributed by atoms with E-state index in [0.29, 0.717) is 11.3 Å². The van der Waals surface area contributed by atoms with Crippen LogP contribution in [0.4, 0.5) is 0 Å². The molecule has 0 spiro atoms. The van der Waals surface area contributed by atoms with Gasteiger partial charge in [-0.15, -0.1) is 0 Å². The maximum absolute atomic E-state index is 11.4. The second-order valence-corrected chi connectivity index (χ2v) is 5.53. The fourth-order valence-corrected chi connectivity index (χ4v) is 2.53. The number of hydrogen-bond acceptors (Lipinski definition) is 4. The normalized spacial score (nSPS) is 23.9. The van der Waals surface area contributed by atoms with Gasteiger partial charge >= 0.3 is 0 Å². The van der Waals surface area contributed by atoms with Crippen molar-refractivity contribution >= 4 is 5.78 Å². The van der Waals surface area contributed by atoms with Crippen LogP contribution in [-0.2, 0) is 4.79 Å². The molecule has 1 heterocycles. The molecule has 0 fully saturated rings. The number of nitriles is 1. The Morgan fingerprint density at radius 2 is 2.21 bits per heavy atom. The van der Waals surface area contributed by atoms with E-state index in [1.807, 2.05) is 0 Å². The lowest BCUT2D eigenvalue weighted by atomic mass is 9.78. The summed E-state index contributed by atoms with van der Waals surface area (Å²) in [5, 5.41) is 19.4. The summed E-state index contributed by atoms with van der Waals surface area (Å²) in [6.07, 6.45) is -0.534. The van der Waals surface area contributed by atoms with E-state index in [0.717, 1.165) is 5.56 Å². The third-order valence-corrected chi connectivity index (χ3v) is 3.51. The molecule has 0 aromatic heterocycles. The standard InChI is InChI=1S/C15H17NO3/c1-9(17)6-12-11-7-10(8-16)4-5-13(11)19-15(2,3)14(12)18/h4-5,7,12,14,18H,6H2,1-3H3. The van der Waals surface area contributed by atoms with Crippen molar-refractivity contribution in [3.05, 3.63) is 29.3 Å². The van der Waals surface area contributed by atoms with Crippen molar-refractivity contribution < 1.29 is 14.6 Å². The number of rotatable bonds is 2. The maximum atomic E-state index is 11.4.